The Balaban J connectivity index is 2.49. The van der Waals surface area contributed by atoms with Gasteiger partial charge in [0.2, 0.25) is 0 Å². The van der Waals surface area contributed by atoms with Crippen LogP contribution >= 0.6 is 0 Å². The van der Waals surface area contributed by atoms with E-state index in [1.165, 1.54) is 12.1 Å². The Hall–Kier alpha value is -1.31. The van der Waals surface area contributed by atoms with Crippen LogP contribution in [-0.4, -0.2) is 0 Å². The second-order valence-electron chi connectivity index (χ2n) is 3.14. The molecule has 0 aliphatic carbocycles. The summed E-state index contributed by atoms with van der Waals surface area (Å²) in [5.74, 6) is 0.688. The van der Waals surface area contributed by atoms with Crippen molar-refractivity contribution in [1.29, 1.82) is 0 Å². The van der Waals surface area contributed by atoms with E-state index in [0.717, 1.165) is 24.0 Å². The maximum Gasteiger partial charge on any atom is 0.137 e. The maximum absolute atomic E-state index is 12.8. The summed E-state index contributed by atoms with van der Waals surface area (Å²) in [6.07, 6.45) is 1.96. The lowest BCUT2D eigenvalue weighted by Gasteiger charge is -1.88. The van der Waals surface area contributed by atoms with Gasteiger partial charge < -0.3 is 4.42 Å². The van der Waals surface area contributed by atoms with E-state index < -0.39 is 0 Å². The van der Waals surface area contributed by atoms with Crippen molar-refractivity contribution in [2.24, 2.45) is 0 Å². The first-order chi connectivity index (χ1) is 6.29. The van der Waals surface area contributed by atoms with E-state index in [2.05, 4.69) is 6.92 Å². The third-order valence-electron chi connectivity index (χ3n) is 2.03. The SMILES string of the molecule is CCCc1cc2ccc(F)cc2o1. The number of hydrogen-bond acceptors (Lipinski definition) is 1. The Labute approximate surface area is 76.2 Å². The van der Waals surface area contributed by atoms with Crippen molar-refractivity contribution in [3.63, 3.8) is 0 Å². The molecule has 2 rings (SSSR count). The molecule has 1 heterocycles. The molecule has 0 aliphatic rings. The molecule has 1 aromatic heterocycles. The summed E-state index contributed by atoms with van der Waals surface area (Å²) in [7, 11) is 0. The number of furan rings is 1. The first kappa shape index (κ1) is 8.30. The van der Waals surface area contributed by atoms with E-state index in [4.69, 9.17) is 4.42 Å². The molecule has 2 heteroatoms. The van der Waals surface area contributed by atoms with Gasteiger partial charge in [0.15, 0.2) is 0 Å². The summed E-state index contributed by atoms with van der Waals surface area (Å²) in [5.41, 5.74) is 0.642. The van der Waals surface area contributed by atoms with Crippen molar-refractivity contribution in [2.45, 2.75) is 19.8 Å². The van der Waals surface area contributed by atoms with Gasteiger partial charge in [-0.15, -0.1) is 0 Å². The predicted octanol–water partition coefficient (Wildman–Crippen LogP) is 3.52. The standard InChI is InChI=1S/C11H11FO/c1-2-3-10-6-8-4-5-9(12)7-11(8)13-10/h4-7H,2-3H2,1H3. The van der Waals surface area contributed by atoms with Gasteiger partial charge in [0.1, 0.15) is 17.2 Å². The van der Waals surface area contributed by atoms with Crippen LogP contribution in [0.25, 0.3) is 11.0 Å². The van der Waals surface area contributed by atoms with Crippen molar-refractivity contribution >= 4 is 11.0 Å². The molecule has 0 radical (unpaired) electrons. The van der Waals surface area contributed by atoms with Crippen molar-refractivity contribution in [3.05, 3.63) is 35.8 Å². The lowest BCUT2D eigenvalue weighted by atomic mass is 10.2. The van der Waals surface area contributed by atoms with Crippen LogP contribution in [-0.2, 0) is 6.42 Å². The fourth-order valence-electron chi connectivity index (χ4n) is 1.43. The van der Waals surface area contributed by atoms with Gasteiger partial charge in [0.25, 0.3) is 0 Å². The average Bonchev–Trinajstić information content (AvgIpc) is 2.46. The highest BCUT2D eigenvalue weighted by Gasteiger charge is 2.03. The number of aryl methyl sites for hydroxylation is 1. The molecule has 2 aromatic rings. The topological polar surface area (TPSA) is 13.1 Å². The monoisotopic (exact) mass is 178 g/mol. The highest BCUT2D eigenvalue weighted by atomic mass is 19.1. The summed E-state index contributed by atoms with van der Waals surface area (Å²) >= 11 is 0. The Morgan fingerprint density at radius 1 is 1.31 bits per heavy atom. The largest absolute Gasteiger partial charge is 0.461 e. The maximum atomic E-state index is 12.8. The fraction of sp³-hybridized carbons (Fsp3) is 0.273. The molecule has 1 aromatic carbocycles. The minimum atomic E-state index is -0.245. The first-order valence-corrected chi connectivity index (χ1v) is 4.47. The number of rotatable bonds is 2. The Bertz CT molecular complexity index is 417. The minimum Gasteiger partial charge on any atom is -0.461 e. The third kappa shape index (κ3) is 1.57. The molecule has 0 bridgehead atoms. The minimum absolute atomic E-state index is 0.245. The summed E-state index contributed by atoms with van der Waals surface area (Å²) in [5, 5.41) is 0.977. The highest BCUT2D eigenvalue weighted by molar-refractivity contribution is 5.77. The number of benzene rings is 1. The van der Waals surface area contributed by atoms with Crippen molar-refractivity contribution < 1.29 is 8.81 Å². The molecule has 0 atom stereocenters. The summed E-state index contributed by atoms with van der Waals surface area (Å²) < 4.78 is 18.2. The van der Waals surface area contributed by atoms with E-state index in [0.29, 0.717) is 5.58 Å². The lowest BCUT2D eigenvalue weighted by molar-refractivity contribution is 0.540. The van der Waals surface area contributed by atoms with Crippen LogP contribution < -0.4 is 0 Å². The third-order valence-corrected chi connectivity index (χ3v) is 2.03. The van der Waals surface area contributed by atoms with Gasteiger partial charge in [0.05, 0.1) is 0 Å². The van der Waals surface area contributed by atoms with Crippen molar-refractivity contribution in [2.75, 3.05) is 0 Å². The van der Waals surface area contributed by atoms with E-state index in [1.807, 2.05) is 6.07 Å². The molecule has 0 saturated heterocycles. The summed E-state index contributed by atoms with van der Waals surface area (Å²) in [6, 6.07) is 6.59. The Morgan fingerprint density at radius 2 is 2.15 bits per heavy atom. The normalized spacial score (nSPS) is 10.9. The average molecular weight is 178 g/mol. The van der Waals surface area contributed by atoms with Gasteiger partial charge in [0, 0.05) is 17.9 Å². The van der Waals surface area contributed by atoms with Crippen LogP contribution in [0.1, 0.15) is 19.1 Å². The molecular formula is C11H11FO. The van der Waals surface area contributed by atoms with Gasteiger partial charge >= 0.3 is 0 Å². The van der Waals surface area contributed by atoms with E-state index in [9.17, 15) is 4.39 Å². The second-order valence-corrected chi connectivity index (χ2v) is 3.14. The van der Waals surface area contributed by atoms with Crippen molar-refractivity contribution in [1.82, 2.24) is 0 Å². The number of halogens is 1. The van der Waals surface area contributed by atoms with Gasteiger partial charge in [-0.05, 0) is 24.6 Å². The molecule has 68 valence electrons. The molecule has 0 unspecified atom stereocenters. The van der Waals surface area contributed by atoms with Gasteiger partial charge in [-0.2, -0.15) is 0 Å². The summed E-state index contributed by atoms with van der Waals surface area (Å²) in [6.45, 7) is 2.09. The van der Waals surface area contributed by atoms with E-state index in [-0.39, 0.29) is 5.82 Å². The van der Waals surface area contributed by atoms with Crippen LogP contribution in [0, 0.1) is 5.82 Å². The van der Waals surface area contributed by atoms with E-state index >= 15 is 0 Å². The van der Waals surface area contributed by atoms with Gasteiger partial charge in [-0.1, -0.05) is 6.92 Å². The molecule has 0 aliphatic heterocycles. The van der Waals surface area contributed by atoms with Gasteiger partial charge in [-0.3, -0.25) is 0 Å². The van der Waals surface area contributed by atoms with Crippen molar-refractivity contribution in [3.8, 4) is 0 Å². The zero-order valence-electron chi connectivity index (χ0n) is 7.51. The lowest BCUT2D eigenvalue weighted by Crippen LogP contribution is -1.74. The molecule has 0 fully saturated rings. The quantitative estimate of drug-likeness (QED) is 0.685. The second kappa shape index (κ2) is 3.21. The highest BCUT2D eigenvalue weighted by Crippen LogP contribution is 2.20. The molecule has 0 N–H and O–H groups in total. The zero-order chi connectivity index (χ0) is 9.26. The summed E-state index contributed by atoms with van der Waals surface area (Å²) in [4.78, 5) is 0. The molecule has 0 amide bonds. The van der Waals surface area contributed by atoms with Crippen LogP contribution in [0.5, 0.6) is 0 Å². The van der Waals surface area contributed by atoms with Crippen LogP contribution in [0.4, 0.5) is 4.39 Å². The van der Waals surface area contributed by atoms with Crippen LogP contribution in [0.3, 0.4) is 0 Å². The van der Waals surface area contributed by atoms with Crippen LogP contribution in [0.15, 0.2) is 28.7 Å². The van der Waals surface area contributed by atoms with Gasteiger partial charge in [-0.25, -0.2) is 4.39 Å². The predicted molar refractivity (Wildman–Crippen MR) is 50.2 cm³/mol. The fourth-order valence-corrected chi connectivity index (χ4v) is 1.43. The molecule has 13 heavy (non-hydrogen) atoms. The molecular weight excluding hydrogens is 167 g/mol. The first-order valence-electron chi connectivity index (χ1n) is 4.47. The molecule has 0 saturated carbocycles. The number of fused-ring (bicyclic) bond motifs is 1. The smallest absolute Gasteiger partial charge is 0.137 e. The molecule has 1 nitrogen and oxygen atoms in total. The van der Waals surface area contributed by atoms with Crippen LogP contribution in [0.2, 0.25) is 0 Å². The number of hydrogen-bond donors (Lipinski definition) is 0. The Morgan fingerprint density at radius 3 is 2.92 bits per heavy atom. The molecule has 0 spiro atoms. The van der Waals surface area contributed by atoms with E-state index in [1.54, 1.807) is 6.07 Å². The zero-order valence-corrected chi connectivity index (χ0v) is 7.51. The Kier molecular flexibility index (Phi) is 2.05.